The summed E-state index contributed by atoms with van der Waals surface area (Å²) < 4.78 is 0. The number of hydrogen-bond donors (Lipinski definition) is 2. The van der Waals surface area contributed by atoms with Gasteiger partial charge in [-0.15, -0.1) is 0 Å². The number of nitrogens with zero attached hydrogens (tertiary/aromatic N) is 1. The summed E-state index contributed by atoms with van der Waals surface area (Å²) in [5.74, 6) is 0. The van der Waals surface area contributed by atoms with Crippen LogP contribution in [0.15, 0.2) is 24.3 Å². The molecule has 0 aromatic heterocycles. The van der Waals surface area contributed by atoms with Crippen molar-refractivity contribution in [2.24, 2.45) is 5.73 Å². The zero-order valence-electron chi connectivity index (χ0n) is 9.28. The summed E-state index contributed by atoms with van der Waals surface area (Å²) in [7, 11) is 0. The fourth-order valence-electron chi connectivity index (χ4n) is 1.92. The van der Waals surface area contributed by atoms with Crippen molar-refractivity contribution in [1.82, 2.24) is 5.32 Å². The van der Waals surface area contributed by atoms with E-state index in [0.29, 0.717) is 6.54 Å². The number of hydrogen-bond acceptors (Lipinski definition) is 2. The molecule has 1 aliphatic heterocycles. The van der Waals surface area contributed by atoms with Crippen LogP contribution >= 0.6 is 0 Å². The highest BCUT2D eigenvalue weighted by Gasteiger charge is 2.18. The van der Waals surface area contributed by atoms with Crippen molar-refractivity contribution in [3.63, 3.8) is 0 Å². The van der Waals surface area contributed by atoms with Crippen LogP contribution in [0.1, 0.15) is 12.0 Å². The number of carbonyl (C=O) groups excluding carboxylic acids is 1. The summed E-state index contributed by atoms with van der Waals surface area (Å²) in [6.45, 7) is 2.20. The molecule has 3 N–H and O–H groups in total. The zero-order chi connectivity index (χ0) is 11.4. The first kappa shape index (κ1) is 11.0. The molecule has 1 aromatic rings. The van der Waals surface area contributed by atoms with E-state index < -0.39 is 0 Å². The molecule has 0 bridgehead atoms. The fraction of sp³-hybridized carbons (Fsp3) is 0.417. The van der Waals surface area contributed by atoms with Gasteiger partial charge in [-0.3, -0.25) is 4.90 Å². The maximum absolute atomic E-state index is 11.7. The van der Waals surface area contributed by atoms with Crippen LogP contribution in [-0.4, -0.2) is 25.7 Å². The highest BCUT2D eigenvalue weighted by molar-refractivity contribution is 5.92. The van der Waals surface area contributed by atoms with Crippen LogP contribution in [0.4, 0.5) is 10.5 Å². The Kier molecular flexibility index (Phi) is 3.41. The molecule has 4 heteroatoms. The number of benzene rings is 1. The lowest BCUT2D eigenvalue weighted by Gasteiger charge is -2.27. The van der Waals surface area contributed by atoms with Gasteiger partial charge in [0.1, 0.15) is 0 Å². The summed E-state index contributed by atoms with van der Waals surface area (Å²) in [5, 5.41) is 2.84. The van der Waals surface area contributed by atoms with E-state index >= 15 is 0 Å². The molecule has 1 aromatic carbocycles. The van der Waals surface area contributed by atoms with E-state index in [-0.39, 0.29) is 6.03 Å². The van der Waals surface area contributed by atoms with Gasteiger partial charge in [-0.25, -0.2) is 4.79 Å². The predicted octanol–water partition coefficient (Wildman–Crippen LogP) is 1.11. The zero-order valence-corrected chi connectivity index (χ0v) is 9.28. The van der Waals surface area contributed by atoms with Crippen molar-refractivity contribution >= 4 is 11.7 Å². The number of urea groups is 1. The Morgan fingerprint density at radius 1 is 1.44 bits per heavy atom. The monoisotopic (exact) mass is 219 g/mol. The van der Waals surface area contributed by atoms with E-state index in [0.717, 1.165) is 31.6 Å². The van der Waals surface area contributed by atoms with Crippen molar-refractivity contribution in [3.8, 4) is 0 Å². The third-order valence-corrected chi connectivity index (χ3v) is 2.74. The van der Waals surface area contributed by atoms with Gasteiger partial charge in [0.25, 0.3) is 0 Å². The Hall–Kier alpha value is -1.55. The fourth-order valence-corrected chi connectivity index (χ4v) is 1.92. The van der Waals surface area contributed by atoms with E-state index in [9.17, 15) is 4.79 Å². The van der Waals surface area contributed by atoms with Crippen molar-refractivity contribution in [3.05, 3.63) is 29.8 Å². The van der Waals surface area contributed by atoms with Crippen LogP contribution in [0.5, 0.6) is 0 Å². The molecule has 0 unspecified atom stereocenters. The molecule has 0 radical (unpaired) electrons. The Morgan fingerprint density at radius 2 is 2.31 bits per heavy atom. The molecule has 0 atom stereocenters. The summed E-state index contributed by atoms with van der Waals surface area (Å²) in [4.78, 5) is 13.4. The minimum absolute atomic E-state index is 0.00357. The van der Waals surface area contributed by atoms with Crippen molar-refractivity contribution in [1.29, 1.82) is 0 Å². The summed E-state index contributed by atoms with van der Waals surface area (Å²) >= 11 is 0. The van der Waals surface area contributed by atoms with Gasteiger partial charge in [0.15, 0.2) is 0 Å². The third kappa shape index (κ3) is 2.33. The quantitative estimate of drug-likeness (QED) is 0.800. The number of rotatable bonds is 3. The van der Waals surface area contributed by atoms with Crippen LogP contribution < -0.4 is 16.0 Å². The lowest BCUT2D eigenvalue weighted by atomic mass is 10.1. The van der Waals surface area contributed by atoms with Crippen LogP contribution in [-0.2, 0) is 6.42 Å². The van der Waals surface area contributed by atoms with E-state index in [1.807, 2.05) is 24.3 Å². The van der Waals surface area contributed by atoms with E-state index in [1.165, 1.54) is 5.56 Å². The highest BCUT2D eigenvalue weighted by Crippen LogP contribution is 2.18. The Balaban J connectivity index is 2.18. The molecule has 1 aliphatic rings. The second-order valence-electron chi connectivity index (χ2n) is 3.95. The number of carbonyl (C=O) groups is 1. The lowest BCUT2D eigenvalue weighted by Crippen LogP contribution is -2.46. The number of nitrogens with one attached hydrogen (secondary N) is 1. The van der Waals surface area contributed by atoms with Gasteiger partial charge in [0.05, 0.1) is 0 Å². The maximum atomic E-state index is 11.7. The number of nitrogens with two attached hydrogens (primary N) is 1. The van der Waals surface area contributed by atoms with Gasteiger partial charge >= 0.3 is 6.03 Å². The molecular weight excluding hydrogens is 202 g/mol. The van der Waals surface area contributed by atoms with Gasteiger partial charge in [-0.2, -0.15) is 0 Å². The largest absolute Gasteiger partial charge is 0.338 e. The molecule has 2 rings (SSSR count). The Bertz CT molecular complexity index is 378. The minimum Gasteiger partial charge on any atom is -0.338 e. The van der Waals surface area contributed by atoms with Gasteiger partial charge in [-0.1, -0.05) is 12.1 Å². The molecule has 1 saturated heterocycles. The molecule has 0 saturated carbocycles. The summed E-state index contributed by atoms with van der Waals surface area (Å²) in [6.07, 6.45) is 1.84. The lowest BCUT2D eigenvalue weighted by molar-refractivity contribution is 0.243. The molecule has 86 valence electrons. The van der Waals surface area contributed by atoms with Crippen LogP contribution in [0.2, 0.25) is 0 Å². The van der Waals surface area contributed by atoms with E-state index in [1.54, 1.807) is 4.90 Å². The van der Waals surface area contributed by atoms with Crippen molar-refractivity contribution in [2.75, 3.05) is 24.5 Å². The molecule has 4 nitrogen and oxygen atoms in total. The standard InChI is InChI=1S/C12H17N3O/c13-6-5-10-3-1-4-11(9-10)15-8-2-7-14-12(15)16/h1,3-4,9H,2,5-8,13H2,(H,14,16). The molecular formula is C12H17N3O. The highest BCUT2D eigenvalue weighted by atomic mass is 16.2. The average molecular weight is 219 g/mol. The summed E-state index contributed by atoms with van der Waals surface area (Å²) in [6, 6.07) is 8.01. The first-order valence-electron chi connectivity index (χ1n) is 5.65. The predicted molar refractivity (Wildman–Crippen MR) is 64.6 cm³/mol. The second-order valence-corrected chi connectivity index (χ2v) is 3.95. The van der Waals surface area contributed by atoms with Gasteiger partial charge in [0.2, 0.25) is 0 Å². The van der Waals surface area contributed by atoms with Crippen molar-refractivity contribution < 1.29 is 4.79 Å². The number of amides is 2. The van der Waals surface area contributed by atoms with Gasteiger partial charge in [0, 0.05) is 18.8 Å². The first-order valence-corrected chi connectivity index (χ1v) is 5.65. The Labute approximate surface area is 95.4 Å². The topological polar surface area (TPSA) is 58.4 Å². The van der Waals surface area contributed by atoms with Gasteiger partial charge < -0.3 is 11.1 Å². The molecule has 1 heterocycles. The Morgan fingerprint density at radius 3 is 3.06 bits per heavy atom. The smallest absolute Gasteiger partial charge is 0.321 e. The molecule has 0 aliphatic carbocycles. The molecule has 1 fully saturated rings. The molecule has 2 amide bonds. The van der Waals surface area contributed by atoms with Crippen molar-refractivity contribution in [2.45, 2.75) is 12.8 Å². The minimum atomic E-state index is -0.00357. The average Bonchev–Trinajstić information content (AvgIpc) is 2.30. The van der Waals surface area contributed by atoms with Crippen LogP contribution in [0.3, 0.4) is 0 Å². The third-order valence-electron chi connectivity index (χ3n) is 2.74. The van der Waals surface area contributed by atoms with Crippen LogP contribution in [0, 0.1) is 0 Å². The van der Waals surface area contributed by atoms with E-state index in [2.05, 4.69) is 5.32 Å². The normalized spacial score (nSPS) is 16.1. The van der Waals surface area contributed by atoms with Gasteiger partial charge in [-0.05, 0) is 37.1 Å². The molecule has 0 spiro atoms. The number of anilines is 1. The first-order chi connectivity index (χ1) is 7.81. The SMILES string of the molecule is NCCc1cccc(N2CCCNC2=O)c1. The maximum Gasteiger partial charge on any atom is 0.321 e. The second kappa shape index (κ2) is 4.99. The molecule has 16 heavy (non-hydrogen) atoms. The van der Waals surface area contributed by atoms with Crippen LogP contribution in [0.25, 0.3) is 0 Å². The summed E-state index contributed by atoms with van der Waals surface area (Å²) in [5.41, 5.74) is 7.66. The van der Waals surface area contributed by atoms with E-state index in [4.69, 9.17) is 5.73 Å².